The predicted molar refractivity (Wildman–Crippen MR) is 108 cm³/mol. The standard InChI is InChI=1S/C20H32N6O/c1-3-21-20(24-17-13-16-4-5-18(17)27-16)23-14-15-6-7-22-19(12-15)26-10-8-25(2)9-11-26/h6-7,12,16-18H,3-5,8-11,13-14H2,1-2H3,(H2,21,23,24). The van der Waals surface area contributed by atoms with Gasteiger partial charge in [0.2, 0.25) is 0 Å². The van der Waals surface area contributed by atoms with Crippen molar-refractivity contribution >= 4 is 11.8 Å². The molecule has 0 radical (unpaired) electrons. The second-order valence-electron chi connectivity index (χ2n) is 7.87. The van der Waals surface area contributed by atoms with Crippen LogP contribution in [0.3, 0.4) is 0 Å². The van der Waals surface area contributed by atoms with Crippen molar-refractivity contribution in [2.45, 2.75) is 51.0 Å². The minimum atomic E-state index is 0.351. The molecule has 2 bridgehead atoms. The zero-order valence-electron chi connectivity index (χ0n) is 16.5. The fraction of sp³-hybridized carbons (Fsp3) is 0.700. The van der Waals surface area contributed by atoms with Gasteiger partial charge in [-0.2, -0.15) is 0 Å². The van der Waals surface area contributed by atoms with Gasteiger partial charge in [0.25, 0.3) is 0 Å². The number of aromatic nitrogens is 1. The van der Waals surface area contributed by atoms with Gasteiger partial charge in [-0.25, -0.2) is 9.98 Å². The molecule has 3 aliphatic heterocycles. The molecule has 0 aliphatic carbocycles. The van der Waals surface area contributed by atoms with Gasteiger partial charge in [-0.1, -0.05) is 0 Å². The Hall–Kier alpha value is -1.86. The van der Waals surface area contributed by atoms with Gasteiger partial charge in [0, 0.05) is 38.9 Å². The maximum Gasteiger partial charge on any atom is 0.191 e. The van der Waals surface area contributed by atoms with Crippen molar-refractivity contribution in [3.05, 3.63) is 23.9 Å². The van der Waals surface area contributed by atoms with E-state index in [1.165, 1.54) is 18.4 Å². The number of anilines is 1. The van der Waals surface area contributed by atoms with Crippen LogP contribution in [0.4, 0.5) is 5.82 Å². The van der Waals surface area contributed by atoms with E-state index in [1.54, 1.807) is 0 Å². The summed E-state index contributed by atoms with van der Waals surface area (Å²) in [6, 6.07) is 4.63. The minimum absolute atomic E-state index is 0.351. The summed E-state index contributed by atoms with van der Waals surface area (Å²) in [5, 5.41) is 6.96. The third-order valence-corrected chi connectivity index (χ3v) is 5.83. The summed E-state index contributed by atoms with van der Waals surface area (Å²) >= 11 is 0. The number of nitrogens with zero attached hydrogens (tertiary/aromatic N) is 4. The lowest BCUT2D eigenvalue weighted by Crippen LogP contribution is -2.47. The van der Waals surface area contributed by atoms with Crippen LogP contribution in [0, 0.1) is 0 Å². The largest absolute Gasteiger partial charge is 0.373 e. The molecular weight excluding hydrogens is 340 g/mol. The Bertz CT molecular complexity index is 658. The van der Waals surface area contributed by atoms with Crippen LogP contribution in [0.5, 0.6) is 0 Å². The SMILES string of the molecule is CCNC(=NCc1ccnc(N2CCN(C)CC2)c1)NC1CC2CCC1O2. The lowest BCUT2D eigenvalue weighted by atomic mass is 9.96. The Balaban J connectivity index is 1.38. The number of hydrogen-bond donors (Lipinski definition) is 2. The molecule has 0 spiro atoms. The first-order valence-electron chi connectivity index (χ1n) is 10.3. The van der Waals surface area contributed by atoms with Crippen LogP contribution in [0.25, 0.3) is 0 Å². The van der Waals surface area contributed by atoms with E-state index in [-0.39, 0.29) is 0 Å². The summed E-state index contributed by atoms with van der Waals surface area (Å²) in [7, 11) is 2.17. The monoisotopic (exact) mass is 372 g/mol. The van der Waals surface area contributed by atoms with E-state index in [9.17, 15) is 0 Å². The van der Waals surface area contributed by atoms with E-state index in [4.69, 9.17) is 9.73 Å². The lowest BCUT2D eigenvalue weighted by molar-refractivity contribution is 0.0992. The summed E-state index contributed by atoms with van der Waals surface area (Å²) in [6.45, 7) is 7.85. The Morgan fingerprint density at radius 2 is 2.15 bits per heavy atom. The van der Waals surface area contributed by atoms with Crippen molar-refractivity contribution in [1.82, 2.24) is 20.5 Å². The minimum Gasteiger partial charge on any atom is -0.373 e. The normalized spacial score (nSPS) is 28.6. The molecule has 3 saturated heterocycles. The lowest BCUT2D eigenvalue weighted by Gasteiger charge is -2.33. The fourth-order valence-electron chi connectivity index (χ4n) is 4.22. The van der Waals surface area contributed by atoms with E-state index in [1.807, 2.05) is 6.20 Å². The molecule has 0 amide bonds. The van der Waals surface area contributed by atoms with Crippen molar-refractivity contribution in [3.8, 4) is 0 Å². The molecule has 27 heavy (non-hydrogen) atoms. The first-order chi connectivity index (χ1) is 13.2. The number of rotatable bonds is 5. The van der Waals surface area contributed by atoms with Gasteiger partial charge in [-0.05, 0) is 50.9 Å². The summed E-state index contributed by atoms with van der Waals surface area (Å²) < 4.78 is 5.95. The molecule has 7 nitrogen and oxygen atoms in total. The van der Waals surface area contributed by atoms with Crippen molar-refractivity contribution in [1.29, 1.82) is 0 Å². The molecule has 1 aromatic heterocycles. The Morgan fingerprint density at radius 1 is 1.30 bits per heavy atom. The number of fused-ring (bicyclic) bond motifs is 2. The molecular formula is C20H32N6O. The Labute approximate surface area is 162 Å². The highest BCUT2D eigenvalue weighted by Gasteiger charge is 2.41. The number of likely N-dealkylation sites (N-methyl/N-ethyl adjacent to an activating group) is 1. The van der Waals surface area contributed by atoms with E-state index in [2.05, 4.69) is 51.5 Å². The molecule has 0 saturated carbocycles. The smallest absolute Gasteiger partial charge is 0.191 e. The van der Waals surface area contributed by atoms with E-state index in [0.29, 0.717) is 24.8 Å². The van der Waals surface area contributed by atoms with Gasteiger partial charge in [-0.15, -0.1) is 0 Å². The number of guanidine groups is 1. The van der Waals surface area contributed by atoms with Gasteiger partial charge in [-0.3, -0.25) is 0 Å². The maximum atomic E-state index is 5.95. The second-order valence-corrected chi connectivity index (χ2v) is 7.87. The molecule has 0 aromatic carbocycles. The third-order valence-electron chi connectivity index (χ3n) is 5.83. The molecule has 3 atom stereocenters. The fourth-order valence-corrected chi connectivity index (χ4v) is 4.22. The molecule has 4 heterocycles. The number of pyridine rings is 1. The van der Waals surface area contributed by atoms with Crippen LogP contribution in [-0.2, 0) is 11.3 Å². The molecule has 148 valence electrons. The van der Waals surface area contributed by atoms with Crippen molar-refractivity contribution in [3.63, 3.8) is 0 Å². The molecule has 3 aliphatic rings. The van der Waals surface area contributed by atoms with E-state index >= 15 is 0 Å². The molecule has 1 aromatic rings. The topological polar surface area (TPSA) is 65.0 Å². The quantitative estimate of drug-likeness (QED) is 0.598. The molecule has 3 unspecified atom stereocenters. The highest BCUT2D eigenvalue weighted by atomic mass is 16.5. The van der Waals surface area contributed by atoms with Crippen molar-refractivity contribution in [2.75, 3.05) is 44.7 Å². The molecule has 7 heteroatoms. The number of hydrogen-bond acceptors (Lipinski definition) is 5. The van der Waals surface area contributed by atoms with Crippen LogP contribution in [-0.4, -0.2) is 73.9 Å². The van der Waals surface area contributed by atoms with Crippen molar-refractivity contribution < 1.29 is 4.74 Å². The van der Waals surface area contributed by atoms with E-state index in [0.717, 1.165) is 50.9 Å². The summed E-state index contributed by atoms with van der Waals surface area (Å²) in [6.07, 6.45) is 6.18. The summed E-state index contributed by atoms with van der Waals surface area (Å²) in [5.41, 5.74) is 1.19. The van der Waals surface area contributed by atoms with Crippen LogP contribution < -0.4 is 15.5 Å². The number of ether oxygens (including phenoxy) is 1. The average molecular weight is 373 g/mol. The zero-order chi connectivity index (χ0) is 18.6. The van der Waals surface area contributed by atoms with Crippen LogP contribution in [0.15, 0.2) is 23.3 Å². The average Bonchev–Trinajstić information content (AvgIpc) is 3.30. The summed E-state index contributed by atoms with van der Waals surface area (Å²) in [4.78, 5) is 14.1. The van der Waals surface area contributed by atoms with Crippen LogP contribution >= 0.6 is 0 Å². The Kier molecular flexibility index (Phi) is 5.78. The maximum absolute atomic E-state index is 5.95. The number of piperazine rings is 1. The zero-order valence-corrected chi connectivity index (χ0v) is 16.5. The highest BCUT2D eigenvalue weighted by molar-refractivity contribution is 5.80. The predicted octanol–water partition coefficient (Wildman–Crippen LogP) is 1.21. The van der Waals surface area contributed by atoms with Crippen molar-refractivity contribution in [2.24, 2.45) is 4.99 Å². The highest BCUT2D eigenvalue weighted by Crippen LogP contribution is 2.34. The Morgan fingerprint density at radius 3 is 2.85 bits per heavy atom. The number of nitrogens with one attached hydrogen (secondary N) is 2. The first-order valence-corrected chi connectivity index (χ1v) is 10.3. The van der Waals surface area contributed by atoms with Gasteiger partial charge in [0.05, 0.1) is 24.8 Å². The van der Waals surface area contributed by atoms with E-state index < -0.39 is 0 Å². The van der Waals surface area contributed by atoms with Gasteiger partial charge in [0.15, 0.2) is 5.96 Å². The molecule has 3 fully saturated rings. The number of aliphatic imine (C=N–C) groups is 1. The van der Waals surface area contributed by atoms with Gasteiger partial charge >= 0.3 is 0 Å². The molecule has 4 rings (SSSR count). The first kappa shape index (κ1) is 18.5. The third kappa shape index (κ3) is 4.52. The van der Waals surface area contributed by atoms with Gasteiger partial charge in [0.1, 0.15) is 5.82 Å². The molecule has 2 N–H and O–H groups in total. The second kappa shape index (κ2) is 8.44. The van der Waals surface area contributed by atoms with Crippen LogP contribution in [0.2, 0.25) is 0 Å². The van der Waals surface area contributed by atoms with Gasteiger partial charge < -0.3 is 25.2 Å². The summed E-state index contributed by atoms with van der Waals surface area (Å²) in [5.74, 6) is 1.95. The van der Waals surface area contributed by atoms with Crippen LogP contribution in [0.1, 0.15) is 31.7 Å².